The summed E-state index contributed by atoms with van der Waals surface area (Å²) in [4.78, 5) is 0. The van der Waals surface area contributed by atoms with Gasteiger partial charge in [-0.3, -0.25) is 0 Å². The maximum absolute atomic E-state index is 6.29. The van der Waals surface area contributed by atoms with Crippen LogP contribution in [0.3, 0.4) is 0 Å². The molecule has 1 N–H and O–H groups in total. The number of hydrogen-bond acceptors (Lipinski definition) is 2. The van der Waals surface area contributed by atoms with Gasteiger partial charge in [-0.2, -0.15) is 0 Å². The van der Waals surface area contributed by atoms with Gasteiger partial charge in [-0.05, 0) is 38.0 Å². The molecule has 2 heteroatoms. The van der Waals surface area contributed by atoms with Gasteiger partial charge in [0, 0.05) is 13.1 Å². The van der Waals surface area contributed by atoms with Crippen LogP contribution in [0.15, 0.2) is 0 Å². The molecule has 0 aromatic heterocycles. The summed E-state index contributed by atoms with van der Waals surface area (Å²) in [6.45, 7) is 6.68. The molecule has 1 heterocycles. The van der Waals surface area contributed by atoms with Crippen LogP contribution in [0.1, 0.15) is 52.4 Å². The zero-order valence-electron chi connectivity index (χ0n) is 10.2. The third-order valence-corrected chi connectivity index (χ3v) is 4.28. The van der Waals surface area contributed by atoms with Crippen LogP contribution >= 0.6 is 0 Å². The summed E-state index contributed by atoms with van der Waals surface area (Å²) in [6, 6.07) is 0. The Morgan fingerprint density at radius 1 is 1.20 bits per heavy atom. The van der Waals surface area contributed by atoms with Gasteiger partial charge in [0.1, 0.15) is 0 Å². The van der Waals surface area contributed by atoms with Crippen LogP contribution in [0, 0.1) is 5.92 Å². The summed E-state index contributed by atoms with van der Waals surface area (Å²) < 4.78 is 6.29. The first-order valence-corrected chi connectivity index (χ1v) is 6.66. The first-order valence-electron chi connectivity index (χ1n) is 6.66. The fourth-order valence-corrected chi connectivity index (χ4v) is 3.03. The molecule has 0 aromatic carbocycles. The maximum Gasteiger partial charge on any atom is 0.0810 e. The van der Waals surface area contributed by atoms with Crippen molar-refractivity contribution in [2.45, 2.75) is 64.1 Å². The highest BCUT2D eigenvalue weighted by Gasteiger charge is 2.39. The average Bonchev–Trinajstić information content (AvgIpc) is 2.30. The van der Waals surface area contributed by atoms with E-state index < -0.39 is 0 Å². The smallest absolute Gasteiger partial charge is 0.0810 e. The second kappa shape index (κ2) is 4.84. The highest BCUT2D eigenvalue weighted by atomic mass is 16.5. The second-order valence-electron chi connectivity index (χ2n) is 5.31. The van der Waals surface area contributed by atoms with Crippen LogP contribution in [-0.4, -0.2) is 24.8 Å². The number of hydrogen-bond donors (Lipinski definition) is 1. The molecule has 1 aliphatic heterocycles. The summed E-state index contributed by atoms with van der Waals surface area (Å²) in [6.07, 6.45) is 8.23. The van der Waals surface area contributed by atoms with E-state index in [2.05, 4.69) is 19.2 Å². The van der Waals surface area contributed by atoms with E-state index in [9.17, 15) is 0 Å². The molecule has 2 nitrogen and oxygen atoms in total. The molecule has 2 aliphatic rings. The Labute approximate surface area is 93.8 Å². The lowest BCUT2D eigenvalue weighted by atomic mass is 9.77. The van der Waals surface area contributed by atoms with E-state index >= 15 is 0 Å². The predicted molar refractivity (Wildman–Crippen MR) is 63.0 cm³/mol. The Kier molecular flexibility index (Phi) is 3.68. The minimum Gasteiger partial charge on any atom is -0.369 e. The predicted octanol–water partition coefficient (Wildman–Crippen LogP) is 2.72. The largest absolute Gasteiger partial charge is 0.369 e. The number of ether oxygens (including phenoxy) is 1. The van der Waals surface area contributed by atoms with Gasteiger partial charge in [0.05, 0.1) is 11.7 Å². The molecule has 0 bridgehead atoms. The van der Waals surface area contributed by atoms with Gasteiger partial charge in [-0.15, -0.1) is 0 Å². The molecule has 88 valence electrons. The van der Waals surface area contributed by atoms with Crippen molar-refractivity contribution >= 4 is 0 Å². The average molecular weight is 211 g/mol. The number of morpholine rings is 1. The molecule has 15 heavy (non-hydrogen) atoms. The van der Waals surface area contributed by atoms with Gasteiger partial charge in [0.2, 0.25) is 0 Å². The lowest BCUT2D eigenvalue weighted by Gasteiger charge is -2.45. The van der Waals surface area contributed by atoms with Crippen molar-refractivity contribution in [2.24, 2.45) is 5.92 Å². The highest BCUT2D eigenvalue weighted by molar-refractivity contribution is 4.92. The Balaban J connectivity index is 1.90. The van der Waals surface area contributed by atoms with E-state index in [1.807, 2.05) is 0 Å². The first-order chi connectivity index (χ1) is 7.28. The molecular weight excluding hydrogens is 186 g/mol. The molecule has 1 atom stereocenters. The molecule has 1 unspecified atom stereocenters. The van der Waals surface area contributed by atoms with Crippen molar-refractivity contribution in [3.63, 3.8) is 0 Å². The van der Waals surface area contributed by atoms with Crippen LogP contribution in [-0.2, 0) is 4.74 Å². The highest BCUT2D eigenvalue weighted by Crippen LogP contribution is 2.38. The zero-order valence-corrected chi connectivity index (χ0v) is 10.2. The third-order valence-electron chi connectivity index (χ3n) is 4.28. The lowest BCUT2D eigenvalue weighted by molar-refractivity contribution is -0.139. The molecule has 0 aromatic rings. The molecular formula is C13H25NO. The van der Waals surface area contributed by atoms with Gasteiger partial charge < -0.3 is 10.1 Å². The van der Waals surface area contributed by atoms with Crippen molar-refractivity contribution in [2.75, 3.05) is 13.1 Å². The van der Waals surface area contributed by atoms with E-state index in [0.717, 1.165) is 25.4 Å². The molecule has 0 radical (unpaired) electrons. The zero-order chi connectivity index (χ0) is 10.7. The van der Waals surface area contributed by atoms with Crippen molar-refractivity contribution in [1.82, 2.24) is 5.32 Å². The third kappa shape index (κ3) is 2.54. The second-order valence-corrected chi connectivity index (χ2v) is 5.31. The van der Waals surface area contributed by atoms with Gasteiger partial charge >= 0.3 is 0 Å². The summed E-state index contributed by atoms with van der Waals surface area (Å²) in [5, 5.41) is 3.55. The van der Waals surface area contributed by atoms with Crippen molar-refractivity contribution in [1.29, 1.82) is 0 Å². The fraction of sp³-hybridized carbons (Fsp3) is 1.00. The van der Waals surface area contributed by atoms with Crippen LogP contribution in [0.4, 0.5) is 0 Å². The van der Waals surface area contributed by atoms with E-state index in [0.29, 0.717) is 6.10 Å². The summed E-state index contributed by atoms with van der Waals surface area (Å²) in [5.41, 5.74) is 0.199. The number of nitrogens with one attached hydrogen (secondary N) is 1. The quantitative estimate of drug-likeness (QED) is 0.758. The van der Waals surface area contributed by atoms with Crippen LogP contribution in [0.2, 0.25) is 0 Å². The fourth-order valence-electron chi connectivity index (χ4n) is 3.03. The monoisotopic (exact) mass is 211 g/mol. The normalized spacial score (nSPS) is 42.0. The summed E-state index contributed by atoms with van der Waals surface area (Å²) in [7, 11) is 0. The van der Waals surface area contributed by atoms with Gasteiger partial charge in [0.15, 0.2) is 0 Å². The summed E-state index contributed by atoms with van der Waals surface area (Å²) in [5.74, 6) is 0.959. The van der Waals surface area contributed by atoms with Gasteiger partial charge in [0.25, 0.3) is 0 Å². The maximum atomic E-state index is 6.29. The van der Waals surface area contributed by atoms with Crippen molar-refractivity contribution in [3.8, 4) is 0 Å². The SMILES string of the molecule is CCC1CCC2(CC1)CNCC(CC)O2. The van der Waals surface area contributed by atoms with E-state index in [4.69, 9.17) is 4.74 Å². The van der Waals surface area contributed by atoms with Crippen molar-refractivity contribution < 1.29 is 4.74 Å². The first kappa shape index (κ1) is 11.4. The Morgan fingerprint density at radius 2 is 1.93 bits per heavy atom. The Hall–Kier alpha value is -0.0800. The number of rotatable bonds is 2. The minimum absolute atomic E-state index is 0.199. The molecule has 0 amide bonds. The van der Waals surface area contributed by atoms with Crippen LogP contribution < -0.4 is 5.32 Å². The Morgan fingerprint density at radius 3 is 2.53 bits per heavy atom. The molecule has 1 spiro atoms. The Bertz CT molecular complexity index is 197. The van der Waals surface area contributed by atoms with Gasteiger partial charge in [-0.25, -0.2) is 0 Å². The van der Waals surface area contributed by atoms with E-state index in [-0.39, 0.29) is 5.60 Å². The van der Waals surface area contributed by atoms with Crippen LogP contribution in [0.5, 0.6) is 0 Å². The molecule has 1 saturated carbocycles. The summed E-state index contributed by atoms with van der Waals surface area (Å²) >= 11 is 0. The molecule has 1 aliphatic carbocycles. The molecule has 1 saturated heterocycles. The molecule has 2 rings (SSSR count). The lowest BCUT2D eigenvalue weighted by Crippen LogP contribution is -2.55. The molecule has 2 fully saturated rings. The van der Waals surface area contributed by atoms with E-state index in [1.165, 1.54) is 32.1 Å². The topological polar surface area (TPSA) is 21.3 Å². The minimum atomic E-state index is 0.199. The van der Waals surface area contributed by atoms with Crippen LogP contribution in [0.25, 0.3) is 0 Å². The standard InChI is InChI=1S/C13H25NO/c1-3-11-5-7-13(8-6-11)10-14-9-12(4-2)15-13/h11-12,14H,3-10H2,1-2H3. The van der Waals surface area contributed by atoms with E-state index in [1.54, 1.807) is 0 Å². The van der Waals surface area contributed by atoms with Crippen molar-refractivity contribution in [3.05, 3.63) is 0 Å². The van der Waals surface area contributed by atoms with Gasteiger partial charge in [-0.1, -0.05) is 20.3 Å².